The maximum Gasteiger partial charge on any atom is 0.404 e. The summed E-state index contributed by atoms with van der Waals surface area (Å²) >= 11 is 0. The number of rotatable bonds is 9. The van der Waals surface area contributed by atoms with Gasteiger partial charge in [0.1, 0.15) is 5.82 Å². The topological polar surface area (TPSA) is 85.8 Å². The van der Waals surface area contributed by atoms with Crippen LogP contribution in [0.25, 0.3) is 0 Å². The first-order valence-electron chi connectivity index (χ1n) is 13.6. The SMILES string of the molecule is CCC(CC)N(C(=O)c1ccc(C2CCCCC2)cc1)c1ccc(N2CCC(CNC(=O)O)C2)nc1. The molecule has 2 aromatic rings. The Kier molecular flexibility index (Phi) is 8.83. The Bertz CT molecular complexity index is 998. The van der Waals surface area contributed by atoms with Crippen molar-refractivity contribution < 1.29 is 14.7 Å². The van der Waals surface area contributed by atoms with Gasteiger partial charge in [0.15, 0.2) is 0 Å². The van der Waals surface area contributed by atoms with Crippen LogP contribution in [-0.2, 0) is 0 Å². The quantitative estimate of drug-likeness (QED) is 0.444. The highest BCUT2D eigenvalue weighted by Gasteiger charge is 2.27. The van der Waals surface area contributed by atoms with Gasteiger partial charge in [0.2, 0.25) is 0 Å². The van der Waals surface area contributed by atoms with Gasteiger partial charge in [0.05, 0.1) is 11.9 Å². The summed E-state index contributed by atoms with van der Waals surface area (Å²) in [6, 6.07) is 12.4. The van der Waals surface area contributed by atoms with Crippen molar-refractivity contribution in [2.75, 3.05) is 29.4 Å². The van der Waals surface area contributed by atoms with E-state index in [9.17, 15) is 9.59 Å². The van der Waals surface area contributed by atoms with Gasteiger partial charge in [-0.05, 0) is 73.8 Å². The minimum absolute atomic E-state index is 0.0226. The Balaban J connectivity index is 1.48. The maximum atomic E-state index is 13.7. The third-order valence-corrected chi connectivity index (χ3v) is 7.92. The molecule has 1 saturated carbocycles. The zero-order valence-electron chi connectivity index (χ0n) is 21.7. The Morgan fingerprint density at radius 2 is 1.78 bits per heavy atom. The molecule has 1 atom stereocenters. The number of pyridine rings is 1. The number of carbonyl (C=O) groups is 2. The molecule has 4 rings (SSSR count). The third kappa shape index (κ3) is 6.18. The standard InChI is InChI=1S/C29H40N4O3/c1-3-25(4-2)33(28(34)24-12-10-23(11-13-24)22-8-6-5-7-9-22)26-14-15-27(30-19-26)32-17-16-21(20-32)18-31-29(35)36/h10-15,19,21-22,25,31H,3-9,16-18,20H2,1-2H3,(H,35,36). The van der Waals surface area contributed by atoms with E-state index in [2.05, 4.69) is 36.2 Å². The second-order valence-corrected chi connectivity index (χ2v) is 10.3. The molecule has 0 radical (unpaired) electrons. The molecule has 0 spiro atoms. The smallest absolute Gasteiger partial charge is 0.404 e. The van der Waals surface area contributed by atoms with Crippen LogP contribution in [0.1, 0.15) is 87.1 Å². The zero-order chi connectivity index (χ0) is 25.5. The zero-order valence-corrected chi connectivity index (χ0v) is 21.7. The monoisotopic (exact) mass is 492 g/mol. The van der Waals surface area contributed by atoms with E-state index in [-0.39, 0.29) is 17.9 Å². The summed E-state index contributed by atoms with van der Waals surface area (Å²) in [6.07, 6.45) is 9.93. The van der Waals surface area contributed by atoms with Crippen molar-refractivity contribution in [2.45, 2.75) is 77.2 Å². The summed E-state index contributed by atoms with van der Waals surface area (Å²) < 4.78 is 0. The summed E-state index contributed by atoms with van der Waals surface area (Å²) in [5.41, 5.74) is 2.89. The number of aromatic nitrogens is 1. The molecule has 0 bridgehead atoms. The lowest BCUT2D eigenvalue weighted by Crippen LogP contribution is -2.40. The van der Waals surface area contributed by atoms with Crippen LogP contribution >= 0.6 is 0 Å². The fourth-order valence-electron chi connectivity index (χ4n) is 5.77. The van der Waals surface area contributed by atoms with Gasteiger partial charge < -0.3 is 20.2 Å². The number of amides is 2. The van der Waals surface area contributed by atoms with E-state index in [0.29, 0.717) is 12.5 Å². The van der Waals surface area contributed by atoms with Crippen molar-refractivity contribution in [3.8, 4) is 0 Å². The van der Waals surface area contributed by atoms with Crippen LogP contribution in [-0.4, -0.2) is 47.8 Å². The summed E-state index contributed by atoms with van der Waals surface area (Å²) in [6.45, 7) is 6.33. The summed E-state index contributed by atoms with van der Waals surface area (Å²) in [5.74, 6) is 1.79. The average molecular weight is 493 g/mol. The highest BCUT2D eigenvalue weighted by atomic mass is 16.4. The Morgan fingerprint density at radius 3 is 2.39 bits per heavy atom. The molecule has 7 heteroatoms. The highest BCUT2D eigenvalue weighted by Crippen LogP contribution is 2.33. The molecule has 2 N–H and O–H groups in total. The molecule has 2 heterocycles. The van der Waals surface area contributed by atoms with Crippen molar-refractivity contribution in [1.29, 1.82) is 0 Å². The molecule has 2 amide bonds. The molecule has 7 nitrogen and oxygen atoms in total. The van der Waals surface area contributed by atoms with Crippen LogP contribution < -0.4 is 15.1 Å². The predicted octanol–water partition coefficient (Wildman–Crippen LogP) is 6.06. The predicted molar refractivity (Wildman–Crippen MR) is 144 cm³/mol. The molecule has 1 unspecified atom stereocenters. The lowest BCUT2D eigenvalue weighted by Gasteiger charge is -2.31. The van der Waals surface area contributed by atoms with Gasteiger partial charge >= 0.3 is 6.09 Å². The van der Waals surface area contributed by atoms with Gasteiger partial charge in [-0.25, -0.2) is 9.78 Å². The maximum absolute atomic E-state index is 13.7. The van der Waals surface area contributed by atoms with Gasteiger partial charge in [0, 0.05) is 31.2 Å². The largest absolute Gasteiger partial charge is 0.465 e. The molecule has 1 aromatic carbocycles. The number of nitrogens with zero attached hydrogens (tertiary/aromatic N) is 3. The van der Waals surface area contributed by atoms with Crippen LogP contribution in [0.4, 0.5) is 16.3 Å². The Morgan fingerprint density at radius 1 is 1.06 bits per heavy atom. The number of carbonyl (C=O) groups excluding carboxylic acids is 1. The molecule has 1 aliphatic heterocycles. The van der Waals surface area contributed by atoms with Crippen molar-refractivity contribution in [1.82, 2.24) is 10.3 Å². The van der Waals surface area contributed by atoms with Crippen LogP contribution in [0.2, 0.25) is 0 Å². The average Bonchev–Trinajstić information content (AvgIpc) is 3.40. The molecular formula is C29H40N4O3. The van der Waals surface area contributed by atoms with Crippen LogP contribution in [0.5, 0.6) is 0 Å². The first-order valence-corrected chi connectivity index (χ1v) is 13.6. The lowest BCUT2D eigenvalue weighted by molar-refractivity contribution is 0.0975. The van der Waals surface area contributed by atoms with E-state index in [0.717, 1.165) is 49.4 Å². The van der Waals surface area contributed by atoms with Crippen molar-refractivity contribution in [3.63, 3.8) is 0 Å². The highest BCUT2D eigenvalue weighted by molar-refractivity contribution is 6.06. The van der Waals surface area contributed by atoms with E-state index < -0.39 is 6.09 Å². The van der Waals surface area contributed by atoms with Gasteiger partial charge in [-0.3, -0.25) is 4.79 Å². The summed E-state index contributed by atoms with van der Waals surface area (Å²) in [7, 11) is 0. The molecule has 1 saturated heterocycles. The minimum atomic E-state index is -0.981. The molecule has 194 valence electrons. The third-order valence-electron chi connectivity index (χ3n) is 7.92. The first kappa shape index (κ1) is 26.0. The van der Waals surface area contributed by atoms with E-state index >= 15 is 0 Å². The Hall–Kier alpha value is -3.09. The number of benzene rings is 1. The Labute approximate surface area is 214 Å². The molecular weight excluding hydrogens is 452 g/mol. The van der Waals surface area contributed by atoms with Crippen LogP contribution in [0.3, 0.4) is 0 Å². The van der Waals surface area contributed by atoms with Crippen molar-refractivity contribution >= 4 is 23.5 Å². The normalized spacial score (nSPS) is 18.4. The van der Waals surface area contributed by atoms with Gasteiger partial charge in [-0.15, -0.1) is 0 Å². The number of hydrogen-bond donors (Lipinski definition) is 2. The first-order chi connectivity index (χ1) is 17.5. The van der Waals surface area contributed by atoms with Crippen LogP contribution in [0, 0.1) is 5.92 Å². The molecule has 2 fully saturated rings. The van der Waals surface area contributed by atoms with E-state index in [1.54, 1.807) is 0 Å². The molecule has 1 aromatic heterocycles. The number of nitrogens with one attached hydrogen (secondary N) is 1. The molecule has 2 aliphatic rings. The van der Waals surface area contributed by atoms with Gasteiger partial charge in [-0.1, -0.05) is 45.2 Å². The molecule has 36 heavy (non-hydrogen) atoms. The van der Waals surface area contributed by atoms with Gasteiger partial charge in [0.25, 0.3) is 5.91 Å². The number of carboxylic acid groups (broad SMARTS) is 1. The van der Waals surface area contributed by atoms with Crippen molar-refractivity contribution in [3.05, 3.63) is 53.7 Å². The number of hydrogen-bond acceptors (Lipinski definition) is 4. The molecule has 1 aliphatic carbocycles. The van der Waals surface area contributed by atoms with E-state index in [4.69, 9.17) is 10.1 Å². The minimum Gasteiger partial charge on any atom is -0.465 e. The summed E-state index contributed by atoms with van der Waals surface area (Å²) in [4.78, 5) is 33.3. The second-order valence-electron chi connectivity index (χ2n) is 10.3. The number of anilines is 2. The van der Waals surface area contributed by atoms with Gasteiger partial charge in [-0.2, -0.15) is 0 Å². The lowest BCUT2D eigenvalue weighted by atomic mass is 9.84. The van der Waals surface area contributed by atoms with Crippen molar-refractivity contribution in [2.24, 2.45) is 5.92 Å². The fourth-order valence-corrected chi connectivity index (χ4v) is 5.77. The van der Waals surface area contributed by atoms with E-state index in [1.165, 1.54) is 37.7 Å². The fraction of sp³-hybridized carbons (Fsp3) is 0.552. The van der Waals surface area contributed by atoms with E-state index in [1.807, 2.05) is 35.4 Å². The second kappa shape index (κ2) is 12.2. The summed E-state index contributed by atoms with van der Waals surface area (Å²) in [5, 5.41) is 11.3. The van der Waals surface area contributed by atoms with Crippen LogP contribution in [0.15, 0.2) is 42.6 Å².